The Kier molecular flexibility index (Phi) is 5.06. The van der Waals surface area contributed by atoms with E-state index in [4.69, 9.17) is 16.0 Å². The molecule has 0 fully saturated rings. The van der Waals surface area contributed by atoms with E-state index in [0.29, 0.717) is 11.1 Å². The molecule has 0 spiro atoms. The van der Waals surface area contributed by atoms with Crippen LogP contribution in [0.15, 0.2) is 65.3 Å². The van der Waals surface area contributed by atoms with Crippen LogP contribution in [0.1, 0.15) is 38.3 Å². The van der Waals surface area contributed by atoms with E-state index in [0.717, 1.165) is 0 Å². The zero-order chi connectivity index (χ0) is 18.7. The second-order valence-corrected chi connectivity index (χ2v) is 5.91. The third-order valence-electron chi connectivity index (χ3n) is 3.71. The van der Waals surface area contributed by atoms with E-state index in [2.05, 4.69) is 5.32 Å². The third-order valence-corrected chi connectivity index (χ3v) is 3.95. The van der Waals surface area contributed by atoms with Crippen molar-refractivity contribution in [2.45, 2.75) is 6.23 Å². The predicted molar refractivity (Wildman–Crippen MR) is 95.6 cm³/mol. The Bertz CT molecular complexity index is 952. The number of anilines is 1. The van der Waals surface area contributed by atoms with E-state index in [1.165, 1.54) is 30.5 Å². The van der Waals surface area contributed by atoms with Crippen molar-refractivity contribution >= 4 is 29.0 Å². The molecule has 3 rings (SSSR count). The molecule has 1 aromatic heterocycles. The van der Waals surface area contributed by atoms with E-state index >= 15 is 0 Å². The molecule has 1 atom stereocenters. The van der Waals surface area contributed by atoms with Crippen LogP contribution in [0.5, 0.6) is 0 Å². The van der Waals surface area contributed by atoms with Crippen LogP contribution in [-0.4, -0.2) is 22.0 Å². The number of rotatable bonds is 6. The lowest BCUT2D eigenvalue weighted by atomic mass is 10.0. The molecule has 0 saturated carbocycles. The molecule has 6 nitrogen and oxygen atoms in total. The molecule has 3 N–H and O–H groups in total. The number of carboxylic acid groups (broad SMARTS) is 1. The summed E-state index contributed by atoms with van der Waals surface area (Å²) in [5, 5.41) is 22.7. The number of benzene rings is 2. The van der Waals surface area contributed by atoms with Gasteiger partial charge in [-0.3, -0.25) is 4.79 Å². The van der Waals surface area contributed by atoms with Gasteiger partial charge in [-0.25, -0.2) is 4.79 Å². The lowest BCUT2D eigenvalue weighted by Gasteiger charge is -2.17. The maximum atomic E-state index is 12.3. The number of aliphatic hydroxyl groups is 1. The lowest BCUT2D eigenvalue weighted by Crippen LogP contribution is -2.13. The Labute approximate surface area is 153 Å². The summed E-state index contributed by atoms with van der Waals surface area (Å²) in [6.07, 6.45) is 0.181. The summed E-state index contributed by atoms with van der Waals surface area (Å²) in [5.41, 5.74) is 0.873. The predicted octanol–water partition coefficient (Wildman–Crippen LogP) is 3.97. The minimum Gasteiger partial charge on any atom is -0.478 e. The van der Waals surface area contributed by atoms with Gasteiger partial charge in [-0.1, -0.05) is 29.8 Å². The number of aliphatic hydroxyl groups excluding tert-OH is 1. The molecule has 0 radical (unpaired) electrons. The van der Waals surface area contributed by atoms with Gasteiger partial charge in [0.25, 0.3) is 0 Å². The summed E-state index contributed by atoms with van der Waals surface area (Å²) in [6, 6.07) is 13.8. The fourth-order valence-electron chi connectivity index (χ4n) is 2.45. The van der Waals surface area contributed by atoms with Crippen LogP contribution in [0.3, 0.4) is 0 Å². The summed E-state index contributed by atoms with van der Waals surface area (Å²) in [6.45, 7) is 0. The summed E-state index contributed by atoms with van der Waals surface area (Å²) in [4.78, 5) is 23.7. The Balaban J connectivity index is 1.85. The number of furan rings is 1. The quantitative estimate of drug-likeness (QED) is 0.448. The average Bonchev–Trinajstić information content (AvgIpc) is 3.17. The molecular weight excluding hydrogens is 358 g/mol. The monoisotopic (exact) mass is 371 g/mol. The molecule has 2 aromatic carbocycles. The number of carbonyl (C=O) groups excluding carboxylic acids is 1. The highest BCUT2D eigenvalue weighted by Crippen LogP contribution is 2.25. The van der Waals surface area contributed by atoms with Gasteiger partial charge in [0.05, 0.1) is 17.5 Å². The highest BCUT2D eigenvalue weighted by molar-refractivity contribution is 6.31. The SMILES string of the molecule is O=C(c1cccc(C(O)Nc2ccc(Cl)cc2C(=O)O)c1)c1ccco1. The molecule has 0 aliphatic rings. The van der Waals surface area contributed by atoms with Crippen LogP contribution in [0, 0.1) is 0 Å². The highest BCUT2D eigenvalue weighted by Gasteiger charge is 2.17. The highest BCUT2D eigenvalue weighted by atomic mass is 35.5. The molecule has 0 aliphatic carbocycles. The van der Waals surface area contributed by atoms with Gasteiger partial charge >= 0.3 is 5.97 Å². The Hall–Kier alpha value is -3.09. The van der Waals surface area contributed by atoms with Crippen LogP contribution < -0.4 is 5.32 Å². The first-order chi connectivity index (χ1) is 12.5. The number of ketones is 1. The second kappa shape index (κ2) is 7.43. The smallest absolute Gasteiger partial charge is 0.337 e. The first kappa shape index (κ1) is 17.7. The first-order valence-corrected chi connectivity index (χ1v) is 7.99. The van der Waals surface area contributed by atoms with Gasteiger partial charge in [-0.15, -0.1) is 0 Å². The molecule has 1 unspecified atom stereocenters. The number of hydrogen-bond acceptors (Lipinski definition) is 5. The summed E-state index contributed by atoms with van der Waals surface area (Å²) in [5.74, 6) is -1.30. The van der Waals surface area contributed by atoms with Crippen molar-refractivity contribution in [2.24, 2.45) is 0 Å². The topological polar surface area (TPSA) is 99.8 Å². The third kappa shape index (κ3) is 3.77. The van der Waals surface area contributed by atoms with Crippen molar-refractivity contribution in [3.63, 3.8) is 0 Å². The van der Waals surface area contributed by atoms with Crippen LogP contribution >= 0.6 is 11.6 Å². The van der Waals surface area contributed by atoms with Crippen molar-refractivity contribution in [3.8, 4) is 0 Å². The fraction of sp³-hybridized carbons (Fsp3) is 0.0526. The molecular formula is C19H14ClNO5. The van der Waals surface area contributed by atoms with Crippen molar-refractivity contribution in [3.05, 3.63) is 88.3 Å². The van der Waals surface area contributed by atoms with E-state index in [-0.39, 0.29) is 27.8 Å². The number of nitrogens with one attached hydrogen (secondary N) is 1. The first-order valence-electron chi connectivity index (χ1n) is 7.61. The zero-order valence-corrected chi connectivity index (χ0v) is 14.1. The maximum absolute atomic E-state index is 12.3. The van der Waals surface area contributed by atoms with E-state index in [1.807, 2.05) is 0 Å². The maximum Gasteiger partial charge on any atom is 0.337 e. The molecule has 0 aliphatic heterocycles. The molecule has 26 heavy (non-hydrogen) atoms. The normalized spacial score (nSPS) is 11.8. The fourth-order valence-corrected chi connectivity index (χ4v) is 2.62. The van der Waals surface area contributed by atoms with Crippen molar-refractivity contribution < 1.29 is 24.2 Å². The van der Waals surface area contributed by atoms with Gasteiger partial charge in [0.1, 0.15) is 0 Å². The Morgan fingerprint density at radius 2 is 1.88 bits per heavy atom. The number of hydrogen-bond donors (Lipinski definition) is 3. The Morgan fingerprint density at radius 1 is 1.08 bits per heavy atom. The molecule has 132 valence electrons. The molecule has 0 amide bonds. The minimum atomic E-state index is -1.22. The number of aromatic carboxylic acids is 1. The van der Waals surface area contributed by atoms with Gasteiger partial charge in [-0.05, 0) is 36.4 Å². The number of carbonyl (C=O) groups is 2. The summed E-state index contributed by atoms with van der Waals surface area (Å²) >= 11 is 5.82. The van der Waals surface area contributed by atoms with Gasteiger partial charge in [-0.2, -0.15) is 0 Å². The molecule has 0 bridgehead atoms. The standard InChI is InChI=1S/C19H14ClNO5/c20-13-6-7-15(14(10-13)19(24)25)21-18(23)12-4-1-3-11(9-12)17(22)16-5-2-8-26-16/h1-10,18,21,23H,(H,24,25). The van der Waals surface area contributed by atoms with Crippen molar-refractivity contribution in [1.82, 2.24) is 0 Å². The van der Waals surface area contributed by atoms with E-state index in [1.54, 1.807) is 30.3 Å². The van der Waals surface area contributed by atoms with Gasteiger partial charge in [0.15, 0.2) is 12.0 Å². The zero-order valence-electron chi connectivity index (χ0n) is 13.3. The van der Waals surface area contributed by atoms with Gasteiger partial charge in [0, 0.05) is 16.1 Å². The van der Waals surface area contributed by atoms with Crippen LogP contribution in [0.25, 0.3) is 0 Å². The lowest BCUT2D eigenvalue weighted by molar-refractivity contribution is 0.0697. The van der Waals surface area contributed by atoms with Crippen LogP contribution in [0.4, 0.5) is 5.69 Å². The molecule has 3 aromatic rings. The van der Waals surface area contributed by atoms with Gasteiger partial charge < -0.3 is 19.9 Å². The van der Waals surface area contributed by atoms with Crippen LogP contribution in [0.2, 0.25) is 5.02 Å². The Morgan fingerprint density at radius 3 is 2.58 bits per heavy atom. The van der Waals surface area contributed by atoms with E-state index in [9.17, 15) is 19.8 Å². The minimum absolute atomic E-state index is 0.0700. The largest absolute Gasteiger partial charge is 0.478 e. The van der Waals surface area contributed by atoms with Crippen molar-refractivity contribution in [2.75, 3.05) is 5.32 Å². The second-order valence-electron chi connectivity index (χ2n) is 5.47. The summed E-state index contributed by atoms with van der Waals surface area (Å²) < 4.78 is 5.09. The average molecular weight is 372 g/mol. The molecule has 1 heterocycles. The summed E-state index contributed by atoms with van der Waals surface area (Å²) in [7, 11) is 0. The van der Waals surface area contributed by atoms with Crippen LogP contribution in [-0.2, 0) is 0 Å². The van der Waals surface area contributed by atoms with Gasteiger partial charge in [0.2, 0.25) is 5.78 Å². The number of carboxylic acids is 1. The van der Waals surface area contributed by atoms with Crippen molar-refractivity contribution in [1.29, 1.82) is 0 Å². The molecule has 7 heteroatoms. The number of halogens is 1. The van der Waals surface area contributed by atoms with E-state index < -0.39 is 12.2 Å². The molecule has 0 saturated heterocycles.